The molecule has 26 heavy (non-hydrogen) atoms. The molecule has 2 aromatic carbocycles. The van der Waals surface area contributed by atoms with E-state index in [1.807, 2.05) is 31.2 Å². The van der Waals surface area contributed by atoms with Gasteiger partial charge in [-0.15, -0.1) is 5.10 Å². The van der Waals surface area contributed by atoms with Gasteiger partial charge in [0.15, 0.2) is 5.16 Å². The van der Waals surface area contributed by atoms with Crippen LogP contribution in [0, 0.1) is 0 Å². The third-order valence-electron chi connectivity index (χ3n) is 4.09. The van der Waals surface area contributed by atoms with Gasteiger partial charge in [-0.3, -0.25) is 14.2 Å². The van der Waals surface area contributed by atoms with Crippen LogP contribution in [-0.2, 0) is 12.4 Å². The first-order valence-electron chi connectivity index (χ1n) is 8.14. The predicted octanol–water partition coefficient (Wildman–Crippen LogP) is 2.27. The number of aromatic nitrogens is 5. The molecule has 0 saturated heterocycles. The summed E-state index contributed by atoms with van der Waals surface area (Å²) in [4.78, 5) is 29.8. The van der Waals surface area contributed by atoms with Crippen molar-refractivity contribution < 1.29 is 0 Å². The smallest absolute Gasteiger partial charge is 0.278 e. The predicted molar refractivity (Wildman–Crippen MR) is 101 cm³/mol. The molecule has 130 valence electrons. The number of hydrogen-bond acceptors (Lipinski definition) is 6. The van der Waals surface area contributed by atoms with Crippen LogP contribution in [0.3, 0.4) is 0 Å². The first-order valence-corrected chi connectivity index (χ1v) is 9.12. The minimum Gasteiger partial charge on any atom is -0.287 e. The van der Waals surface area contributed by atoms with Crippen LogP contribution in [0.4, 0.5) is 0 Å². The van der Waals surface area contributed by atoms with E-state index in [2.05, 4.69) is 15.3 Å². The highest BCUT2D eigenvalue weighted by Crippen LogP contribution is 2.18. The zero-order valence-electron chi connectivity index (χ0n) is 14.0. The lowest BCUT2D eigenvalue weighted by Crippen LogP contribution is -2.25. The number of rotatable bonds is 4. The molecule has 2 heterocycles. The maximum atomic E-state index is 12.6. The number of para-hydroxylation sites is 1. The van der Waals surface area contributed by atoms with E-state index in [0.29, 0.717) is 33.5 Å². The summed E-state index contributed by atoms with van der Waals surface area (Å²) in [6, 6.07) is 14.3. The minimum atomic E-state index is -0.214. The fourth-order valence-corrected chi connectivity index (χ4v) is 3.70. The zero-order chi connectivity index (χ0) is 18.1. The molecule has 0 N–H and O–H groups in total. The lowest BCUT2D eigenvalue weighted by Gasteiger charge is -2.11. The lowest BCUT2D eigenvalue weighted by atomic mass is 10.2. The van der Waals surface area contributed by atoms with Gasteiger partial charge in [-0.2, -0.15) is 4.68 Å². The minimum absolute atomic E-state index is 0.0856. The number of nitrogens with zero attached hydrogens (tertiary/aromatic N) is 5. The average molecular weight is 365 g/mol. The SMILES string of the molecule is CCn1c(SCn2nnc3ccccc3c2=O)nc2ccccc2c1=O. The highest BCUT2D eigenvalue weighted by molar-refractivity contribution is 7.98. The fraction of sp³-hybridized carbons (Fsp3) is 0.167. The summed E-state index contributed by atoms with van der Waals surface area (Å²) in [5.41, 5.74) is 0.904. The molecule has 0 bridgehead atoms. The summed E-state index contributed by atoms with van der Waals surface area (Å²) in [6.45, 7) is 2.39. The number of fused-ring (bicyclic) bond motifs is 2. The van der Waals surface area contributed by atoms with Crippen molar-refractivity contribution >= 4 is 33.6 Å². The average Bonchev–Trinajstić information content (AvgIpc) is 2.68. The van der Waals surface area contributed by atoms with Crippen molar-refractivity contribution in [3.8, 4) is 0 Å². The van der Waals surface area contributed by atoms with Gasteiger partial charge >= 0.3 is 0 Å². The number of thioether (sulfide) groups is 1. The van der Waals surface area contributed by atoms with Crippen molar-refractivity contribution in [1.82, 2.24) is 24.5 Å². The van der Waals surface area contributed by atoms with E-state index < -0.39 is 0 Å². The van der Waals surface area contributed by atoms with Crippen molar-refractivity contribution in [2.24, 2.45) is 0 Å². The molecule has 0 aliphatic heterocycles. The summed E-state index contributed by atoms with van der Waals surface area (Å²) < 4.78 is 2.89. The standard InChI is InChI=1S/C18H15N5O2S/c1-2-22-16(24)12-7-3-5-9-14(12)19-18(22)26-11-23-17(25)13-8-4-6-10-15(13)20-21-23/h3-10H,2,11H2,1H3. The van der Waals surface area contributed by atoms with E-state index in [4.69, 9.17) is 0 Å². The molecular formula is C18H15N5O2S. The molecule has 2 aromatic heterocycles. The molecule has 0 spiro atoms. The van der Waals surface area contributed by atoms with E-state index in [1.54, 1.807) is 28.8 Å². The number of benzene rings is 2. The topological polar surface area (TPSA) is 82.7 Å². The summed E-state index contributed by atoms with van der Waals surface area (Å²) in [5.74, 6) is 0.224. The van der Waals surface area contributed by atoms with Crippen LogP contribution in [-0.4, -0.2) is 24.5 Å². The van der Waals surface area contributed by atoms with Gasteiger partial charge < -0.3 is 0 Å². The maximum absolute atomic E-state index is 12.6. The van der Waals surface area contributed by atoms with Gasteiger partial charge in [0.2, 0.25) is 0 Å². The molecule has 7 nitrogen and oxygen atoms in total. The summed E-state index contributed by atoms with van der Waals surface area (Å²) in [5, 5.41) is 9.71. The Morgan fingerprint density at radius 1 is 0.923 bits per heavy atom. The van der Waals surface area contributed by atoms with Crippen LogP contribution in [0.2, 0.25) is 0 Å². The van der Waals surface area contributed by atoms with Gasteiger partial charge in [0.05, 0.1) is 22.2 Å². The molecule has 0 saturated carbocycles. The maximum Gasteiger partial charge on any atom is 0.278 e. The highest BCUT2D eigenvalue weighted by atomic mass is 32.2. The molecule has 8 heteroatoms. The Bertz CT molecular complexity index is 1230. The first kappa shape index (κ1) is 16.5. The molecule has 0 atom stereocenters. The Kier molecular flexibility index (Phi) is 4.26. The van der Waals surface area contributed by atoms with Crippen LogP contribution in [0.5, 0.6) is 0 Å². The quantitative estimate of drug-likeness (QED) is 0.408. The van der Waals surface area contributed by atoms with Gasteiger partial charge in [-0.1, -0.05) is 41.2 Å². The van der Waals surface area contributed by atoms with Crippen molar-refractivity contribution in [3.63, 3.8) is 0 Å². The monoisotopic (exact) mass is 365 g/mol. The van der Waals surface area contributed by atoms with Gasteiger partial charge in [-0.05, 0) is 31.2 Å². The molecule has 0 aliphatic rings. The van der Waals surface area contributed by atoms with Crippen molar-refractivity contribution in [1.29, 1.82) is 0 Å². The van der Waals surface area contributed by atoms with E-state index in [-0.39, 0.29) is 17.0 Å². The van der Waals surface area contributed by atoms with E-state index in [0.717, 1.165) is 0 Å². The third-order valence-corrected chi connectivity index (χ3v) is 5.03. The Hall–Kier alpha value is -3.00. The van der Waals surface area contributed by atoms with Crippen LogP contribution in [0.1, 0.15) is 6.92 Å². The second kappa shape index (κ2) is 6.72. The largest absolute Gasteiger partial charge is 0.287 e. The van der Waals surface area contributed by atoms with E-state index in [9.17, 15) is 9.59 Å². The molecular weight excluding hydrogens is 350 g/mol. The summed E-state index contributed by atoms with van der Waals surface area (Å²) >= 11 is 1.29. The molecule has 0 unspecified atom stereocenters. The van der Waals surface area contributed by atoms with Crippen LogP contribution in [0.25, 0.3) is 21.8 Å². The van der Waals surface area contributed by atoms with Gasteiger partial charge in [0.1, 0.15) is 5.52 Å². The Morgan fingerprint density at radius 3 is 2.31 bits per heavy atom. The van der Waals surface area contributed by atoms with Crippen molar-refractivity contribution in [2.45, 2.75) is 24.5 Å². The van der Waals surface area contributed by atoms with E-state index >= 15 is 0 Å². The van der Waals surface area contributed by atoms with Gasteiger partial charge in [-0.25, -0.2) is 4.98 Å². The Balaban J connectivity index is 1.73. The fourth-order valence-electron chi connectivity index (χ4n) is 2.76. The van der Waals surface area contributed by atoms with Gasteiger partial charge in [0, 0.05) is 6.54 Å². The molecule has 0 aliphatic carbocycles. The molecule has 0 fully saturated rings. The molecule has 4 rings (SSSR count). The Labute approximate surface area is 152 Å². The summed E-state index contributed by atoms with van der Waals surface area (Å²) in [6.07, 6.45) is 0. The Morgan fingerprint density at radius 2 is 1.58 bits per heavy atom. The zero-order valence-corrected chi connectivity index (χ0v) is 14.8. The summed E-state index contributed by atoms with van der Waals surface area (Å²) in [7, 11) is 0. The molecule has 4 aromatic rings. The second-order valence-electron chi connectivity index (χ2n) is 5.65. The molecule has 0 radical (unpaired) electrons. The molecule has 0 amide bonds. The second-order valence-corrected chi connectivity index (χ2v) is 6.56. The lowest BCUT2D eigenvalue weighted by molar-refractivity contribution is 0.619. The van der Waals surface area contributed by atoms with Crippen LogP contribution in [0.15, 0.2) is 63.3 Å². The first-order chi connectivity index (χ1) is 12.7. The van der Waals surface area contributed by atoms with E-state index in [1.165, 1.54) is 16.4 Å². The third kappa shape index (κ3) is 2.78. The highest BCUT2D eigenvalue weighted by Gasteiger charge is 2.12. The number of hydrogen-bond donors (Lipinski definition) is 0. The van der Waals surface area contributed by atoms with Crippen LogP contribution < -0.4 is 11.1 Å². The normalized spacial score (nSPS) is 11.3. The van der Waals surface area contributed by atoms with Gasteiger partial charge in [0.25, 0.3) is 11.1 Å². The van der Waals surface area contributed by atoms with Crippen molar-refractivity contribution in [3.05, 3.63) is 69.2 Å². The van der Waals surface area contributed by atoms with Crippen LogP contribution >= 0.6 is 11.8 Å². The van der Waals surface area contributed by atoms with Crippen molar-refractivity contribution in [2.75, 3.05) is 0 Å².